The highest BCUT2D eigenvalue weighted by atomic mass is 79.9. The van der Waals surface area contributed by atoms with Gasteiger partial charge < -0.3 is 4.90 Å². The molecule has 1 aliphatic rings. The van der Waals surface area contributed by atoms with Crippen molar-refractivity contribution in [3.63, 3.8) is 0 Å². The molecule has 0 aliphatic carbocycles. The maximum absolute atomic E-state index is 13.7. The number of hydrogen-bond donors (Lipinski definition) is 0. The minimum atomic E-state index is -0.408. The number of rotatable bonds is 1. The van der Waals surface area contributed by atoms with E-state index in [0.717, 1.165) is 24.5 Å². The van der Waals surface area contributed by atoms with E-state index in [1.54, 1.807) is 0 Å². The fourth-order valence-electron chi connectivity index (χ4n) is 2.24. The molecule has 0 bridgehead atoms. The molecule has 0 unspecified atom stereocenters. The summed E-state index contributed by atoms with van der Waals surface area (Å²) >= 11 is 4.73. The molecule has 3 heterocycles. The van der Waals surface area contributed by atoms with E-state index in [-0.39, 0.29) is 5.92 Å². The summed E-state index contributed by atoms with van der Waals surface area (Å²) in [6.07, 6.45) is 3.07. The van der Waals surface area contributed by atoms with Crippen molar-refractivity contribution < 1.29 is 4.39 Å². The van der Waals surface area contributed by atoms with Crippen LogP contribution >= 0.6 is 27.3 Å². The minimum absolute atomic E-state index is 0.0344. The van der Waals surface area contributed by atoms with Gasteiger partial charge in [0.05, 0.1) is 22.9 Å². The van der Waals surface area contributed by atoms with Crippen LogP contribution in [0.2, 0.25) is 0 Å². The fourth-order valence-corrected chi connectivity index (χ4v) is 3.76. The summed E-state index contributed by atoms with van der Waals surface area (Å²) in [6.45, 7) is 1.54. The zero-order chi connectivity index (χ0) is 13.4. The maximum atomic E-state index is 13.7. The van der Waals surface area contributed by atoms with E-state index < -0.39 is 5.82 Å². The van der Waals surface area contributed by atoms with Crippen LogP contribution in [0.3, 0.4) is 0 Å². The number of nitriles is 1. The number of pyridine rings is 1. The normalized spacial score (nSPS) is 19.6. The van der Waals surface area contributed by atoms with Crippen LogP contribution < -0.4 is 4.90 Å². The zero-order valence-electron chi connectivity index (χ0n) is 9.94. The average molecular weight is 341 g/mol. The molecule has 2 aromatic rings. The third kappa shape index (κ3) is 2.30. The summed E-state index contributed by atoms with van der Waals surface area (Å²) in [7, 11) is 0. The molecule has 19 heavy (non-hydrogen) atoms. The third-order valence-corrected chi connectivity index (χ3v) is 5.18. The average Bonchev–Trinajstić information content (AvgIpc) is 2.89. The highest BCUT2D eigenvalue weighted by molar-refractivity contribution is 9.10. The quantitative estimate of drug-likeness (QED) is 0.747. The first-order chi connectivity index (χ1) is 9.19. The van der Waals surface area contributed by atoms with Crippen LogP contribution in [0.4, 0.5) is 9.52 Å². The van der Waals surface area contributed by atoms with Gasteiger partial charge in [-0.05, 0) is 28.8 Å². The Balaban J connectivity index is 2.00. The second-order valence-corrected chi connectivity index (χ2v) is 6.21. The van der Waals surface area contributed by atoms with Gasteiger partial charge in [-0.25, -0.2) is 14.4 Å². The van der Waals surface area contributed by atoms with Crippen molar-refractivity contribution >= 4 is 42.6 Å². The second-order valence-electron chi connectivity index (χ2n) is 4.49. The molecule has 0 N–H and O–H groups in total. The van der Waals surface area contributed by atoms with Crippen LogP contribution in [0.25, 0.3) is 10.2 Å². The number of thiazole rings is 1. The standard InChI is InChI=1S/C12H10BrFN4S/c13-11-10-9(8(14)5-16-11)17-12(19-10)18-3-1-2-7(4-15)6-18/h5,7H,1-3,6H2/t7-/m0/s1. The Morgan fingerprint density at radius 1 is 1.58 bits per heavy atom. The molecule has 1 fully saturated rings. The number of halogens is 2. The van der Waals surface area contributed by atoms with Gasteiger partial charge in [-0.3, -0.25) is 0 Å². The Hall–Kier alpha value is -1.26. The molecule has 0 saturated carbocycles. The van der Waals surface area contributed by atoms with Gasteiger partial charge in [0.25, 0.3) is 0 Å². The maximum Gasteiger partial charge on any atom is 0.186 e. The second kappa shape index (κ2) is 5.02. The molecule has 2 aromatic heterocycles. The van der Waals surface area contributed by atoms with E-state index in [2.05, 4.69) is 36.9 Å². The van der Waals surface area contributed by atoms with Gasteiger partial charge in [-0.2, -0.15) is 5.26 Å². The predicted molar refractivity (Wildman–Crippen MR) is 75.6 cm³/mol. The highest BCUT2D eigenvalue weighted by Crippen LogP contribution is 2.35. The van der Waals surface area contributed by atoms with E-state index in [0.29, 0.717) is 21.4 Å². The number of hydrogen-bond acceptors (Lipinski definition) is 5. The van der Waals surface area contributed by atoms with Crippen molar-refractivity contribution in [2.45, 2.75) is 12.8 Å². The summed E-state index contributed by atoms with van der Waals surface area (Å²) in [4.78, 5) is 10.4. The molecule has 3 rings (SSSR count). The summed E-state index contributed by atoms with van der Waals surface area (Å²) in [6, 6.07) is 2.30. The van der Waals surface area contributed by atoms with E-state index in [1.807, 2.05) is 0 Å². The summed E-state index contributed by atoms with van der Waals surface area (Å²) in [5.74, 6) is -0.373. The van der Waals surface area contributed by atoms with Crippen molar-refractivity contribution in [1.82, 2.24) is 9.97 Å². The molecular weight excluding hydrogens is 331 g/mol. The van der Waals surface area contributed by atoms with E-state index in [9.17, 15) is 4.39 Å². The molecule has 0 spiro atoms. The van der Waals surface area contributed by atoms with Gasteiger partial charge in [0.2, 0.25) is 0 Å². The summed E-state index contributed by atoms with van der Waals surface area (Å²) in [5.41, 5.74) is 0.348. The van der Waals surface area contributed by atoms with Crippen LogP contribution in [0.1, 0.15) is 12.8 Å². The monoisotopic (exact) mass is 340 g/mol. The Morgan fingerprint density at radius 2 is 2.42 bits per heavy atom. The molecule has 4 nitrogen and oxygen atoms in total. The van der Waals surface area contributed by atoms with Crippen LogP contribution in [-0.2, 0) is 0 Å². The van der Waals surface area contributed by atoms with Gasteiger partial charge in [0.15, 0.2) is 10.9 Å². The fraction of sp³-hybridized carbons (Fsp3) is 0.417. The molecule has 7 heteroatoms. The largest absolute Gasteiger partial charge is 0.347 e. The van der Waals surface area contributed by atoms with Crippen molar-refractivity contribution in [3.8, 4) is 6.07 Å². The summed E-state index contributed by atoms with van der Waals surface area (Å²) in [5, 5.41) is 9.78. The van der Waals surface area contributed by atoms with Crippen LogP contribution in [0.15, 0.2) is 10.8 Å². The Kier molecular flexibility index (Phi) is 3.37. The Labute approximate surface area is 122 Å². The molecule has 1 saturated heterocycles. The van der Waals surface area contributed by atoms with Gasteiger partial charge >= 0.3 is 0 Å². The SMILES string of the molecule is N#C[C@@H]1CCCN(c2nc3c(F)cnc(Br)c3s2)C1. The molecular formula is C12H10BrFN4S. The van der Waals surface area contributed by atoms with Gasteiger partial charge in [0.1, 0.15) is 10.1 Å². The van der Waals surface area contributed by atoms with E-state index in [4.69, 9.17) is 5.26 Å². The number of nitrogens with zero attached hydrogens (tertiary/aromatic N) is 4. The lowest BCUT2D eigenvalue weighted by atomic mass is 10.0. The smallest absolute Gasteiger partial charge is 0.186 e. The first kappa shape index (κ1) is 12.8. The number of anilines is 1. The van der Waals surface area contributed by atoms with Crippen LogP contribution in [0, 0.1) is 23.1 Å². The zero-order valence-corrected chi connectivity index (χ0v) is 12.3. The van der Waals surface area contributed by atoms with Crippen molar-refractivity contribution in [2.24, 2.45) is 5.92 Å². The molecule has 0 aromatic carbocycles. The lowest BCUT2D eigenvalue weighted by Crippen LogP contribution is -2.34. The van der Waals surface area contributed by atoms with Gasteiger partial charge in [0, 0.05) is 13.1 Å². The number of fused-ring (bicyclic) bond motifs is 1. The molecule has 1 aliphatic heterocycles. The topological polar surface area (TPSA) is 52.8 Å². The molecule has 0 amide bonds. The van der Waals surface area contributed by atoms with Crippen molar-refractivity contribution in [3.05, 3.63) is 16.6 Å². The number of aromatic nitrogens is 2. The Morgan fingerprint density at radius 3 is 3.16 bits per heavy atom. The van der Waals surface area contributed by atoms with E-state index >= 15 is 0 Å². The minimum Gasteiger partial charge on any atom is -0.347 e. The lowest BCUT2D eigenvalue weighted by molar-refractivity contribution is 0.493. The Bertz CT molecular complexity index is 627. The third-order valence-electron chi connectivity index (χ3n) is 3.20. The van der Waals surface area contributed by atoms with Crippen molar-refractivity contribution in [2.75, 3.05) is 18.0 Å². The molecule has 98 valence electrons. The van der Waals surface area contributed by atoms with Crippen LogP contribution in [-0.4, -0.2) is 23.1 Å². The predicted octanol–water partition coefficient (Wildman–Crippen LogP) is 3.33. The first-order valence-electron chi connectivity index (χ1n) is 5.94. The van der Waals surface area contributed by atoms with E-state index in [1.165, 1.54) is 17.5 Å². The molecule has 0 radical (unpaired) electrons. The van der Waals surface area contributed by atoms with Crippen LogP contribution in [0.5, 0.6) is 0 Å². The summed E-state index contributed by atoms with van der Waals surface area (Å²) < 4.78 is 15.0. The lowest BCUT2D eigenvalue weighted by Gasteiger charge is -2.28. The van der Waals surface area contributed by atoms with Gasteiger partial charge in [-0.15, -0.1) is 0 Å². The number of piperidine rings is 1. The van der Waals surface area contributed by atoms with Crippen molar-refractivity contribution in [1.29, 1.82) is 5.26 Å². The first-order valence-corrected chi connectivity index (χ1v) is 7.55. The highest BCUT2D eigenvalue weighted by Gasteiger charge is 2.23. The molecule has 1 atom stereocenters. The van der Waals surface area contributed by atoms with Gasteiger partial charge in [-0.1, -0.05) is 11.3 Å².